The molecule has 1 aliphatic carbocycles. The average molecular weight is 566 g/mol. The maximum absolute atomic E-state index is 13.2. The van der Waals surface area contributed by atoms with Crippen LogP contribution >= 0.6 is 0 Å². The molecule has 0 aromatic heterocycles. The first-order valence-electron chi connectivity index (χ1n) is 15.4. The molecule has 8 heteroatoms. The minimum atomic E-state index is -0.683. The van der Waals surface area contributed by atoms with Crippen LogP contribution < -0.4 is 0 Å². The van der Waals surface area contributed by atoms with Crippen molar-refractivity contribution in [1.82, 2.24) is 14.7 Å². The van der Waals surface area contributed by atoms with Gasteiger partial charge in [-0.25, -0.2) is 9.18 Å². The highest BCUT2D eigenvalue weighted by Crippen LogP contribution is 2.44. The third-order valence-electron chi connectivity index (χ3n) is 9.41. The Bertz CT molecular complexity index is 1140. The lowest BCUT2D eigenvalue weighted by Crippen LogP contribution is -2.48. The average Bonchev–Trinajstić information content (AvgIpc) is 3.64. The maximum atomic E-state index is 13.2. The largest absolute Gasteiger partial charge is 0.480 e. The van der Waals surface area contributed by atoms with E-state index in [4.69, 9.17) is 4.74 Å². The van der Waals surface area contributed by atoms with Gasteiger partial charge in [-0.1, -0.05) is 49.4 Å². The van der Waals surface area contributed by atoms with Gasteiger partial charge in [-0.2, -0.15) is 0 Å². The highest BCUT2D eigenvalue weighted by molar-refractivity contribution is 5.73. The van der Waals surface area contributed by atoms with Gasteiger partial charge in [-0.3, -0.25) is 9.69 Å². The minimum Gasteiger partial charge on any atom is -0.480 e. The van der Waals surface area contributed by atoms with Crippen LogP contribution in [0, 0.1) is 11.7 Å². The zero-order valence-electron chi connectivity index (χ0n) is 24.2. The van der Waals surface area contributed by atoms with Crippen molar-refractivity contribution in [3.63, 3.8) is 0 Å². The first kappa shape index (κ1) is 29.5. The Hall–Kier alpha value is -2.97. The normalized spacial score (nSPS) is 25.8. The van der Waals surface area contributed by atoms with Crippen LogP contribution in [0.4, 0.5) is 9.18 Å². The van der Waals surface area contributed by atoms with Crippen molar-refractivity contribution in [3.8, 4) is 0 Å². The zero-order valence-corrected chi connectivity index (χ0v) is 24.2. The summed E-state index contributed by atoms with van der Waals surface area (Å²) in [6.07, 6.45) is 6.14. The van der Waals surface area contributed by atoms with Crippen LogP contribution in [0.15, 0.2) is 54.6 Å². The van der Waals surface area contributed by atoms with Crippen molar-refractivity contribution in [1.29, 1.82) is 0 Å². The van der Waals surface area contributed by atoms with Crippen molar-refractivity contribution in [2.45, 2.75) is 82.5 Å². The lowest BCUT2D eigenvalue weighted by Gasteiger charge is -2.39. The Balaban J connectivity index is 1.18. The Morgan fingerprint density at radius 2 is 1.73 bits per heavy atom. The second kappa shape index (κ2) is 13.8. The number of piperidine rings is 1. The molecule has 2 aliphatic heterocycles. The second-order valence-electron chi connectivity index (χ2n) is 12.0. The van der Waals surface area contributed by atoms with Crippen LogP contribution in [0.5, 0.6) is 0 Å². The maximum Gasteiger partial charge on any atom is 0.410 e. The molecule has 0 spiro atoms. The van der Waals surface area contributed by atoms with E-state index in [-0.39, 0.29) is 30.6 Å². The summed E-state index contributed by atoms with van der Waals surface area (Å²) in [5, 5.41) is 9.80. The van der Waals surface area contributed by atoms with Gasteiger partial charge in [0.05, 0.1) is 0 Å². The Morgan fingerprint density at radius 1 is 1.00 bits per heavy atom. The van der Waals surface area contributed by atoms with Gasteiger partial charge < -0.3 is 19.6 Å². The smallest absolute Gasteiger partial charge is 0.410 e. The number of benzene rings is 2. The first-order valence-corrected chi connectivity index (χ1v) is 15.4. The number of likely N-dealkylation sites (tertiary alicyclic amines) is 2. The van der Waals surface area contributed by atoms with Crippen molar-refractivity contribution in [2.24, 2.45) is 5.92 Å². The third-order valence-corrected chi connectivity index (χ3v) is 9.41. The molecule has 2 aromatic rings. The number of carbonyl (C=O) groups is 2. The molecule has 4 atom stereocenters. The highest BCUT2D eigenvalue weighted by Gasteiger charge is 2.44. The number of amides is 1. The van der Waals surface area contributed by atoms with Crippen LogP contribution in [0.2, 0.25) is 0 Å². The van der Waals surface area contributed by atoms with Crippen molar-refractivity contribution in [2.75, 3.05) is 32.7 Å². The molecule has 0 radical (unpaired) electrons. The van der Waals surface area contributed by atoms with E-state index in [1.807, 2.05) is 4.90 Å². The van der Waals surface area contributed by atoms with E-state index < -0.39 is 5.97 Å². The van der Waals surface area contributed by atoms with Crippen LogP contribution in [0.3, 0.4) is 0 Å². The van der Waals surface area contributed by atoms with Gasteiger partial charge in [-0.15, -0.1) is 0 Å². The lowest BCUT2D eigenvalue weighted by molar-refractivity contribution is -0.142. The fourth-order valence-electron chi connectivity index (χ4n) is 7.39. The summed E-state index contributed by atoms with van der Waals surface area (Å²) >= 11 is 0. The Labute approximate surface area is 243 Å². The van der Waals surface area contributed by atoms with E-state index in [1.165, 1.54) is 17.7 Å². The van der Waals surface area contributed by atoms with Crippen molar-refractivity contribution < 1.29 is 23.8 Å². The van der Waals surface area contributed by atoms with Crippen LogP contribution in [0.25, 0.3) is 0 Å². The van der Waals surface area contributed by atoms with E-state index >= 15 is 0 Å². The number of carboxylic acids is 1. The number of nitrogens with zero attached hydrogens (tertiary/aromatic N) is 3. The molecular formula is C33H44FN3O4. The molecule has 2 aromatic carbocycles. The van der Waals surface area contributed by atoms with Gasteiger partial charge in [0, 0.05) is 38.3 Å². The molecule has 1 amide bonds. The fourth-order valence-corrected chi connectivity index (χ4v) is 7.39. The summed E-state index contributed by atoms with van der Waals surface area (Å²) in [7, 11) is 0. The molecule has 3 aliphatic rings. The van der Waals surface area contributed by atoms with Crippen LogP contribution in [-0.4, -0.2) is 82.7 Å². The van der Waals surface area contributed by atoms with Crippen molar-refractivity contribution in [3.05, 3.63) is 71.5 Å². The Morgan fingerprint density at radius 3 is 2.41 bits per heavy atom. The number of carbonyl (C=O) groups excluding carboxylic acids is 1. The molecule has 3 unspecified atom stereocenters. The van der Waals surface area contributed by atoms with Gasteiger partial charge in [-0.05, 0) is 86.6 Å². The third kappa shape index (κ3) is 7.28. The summed E-state index contributed by atoms with van der Waals surface area (Å²) in [6.45, 7) is 6.61. The summed E-state index contributed by atoms with van der Waals surface area (Å²) in [6, 6.07) is 16.9. The van der Waals surface area contributed by atoms with Gasteiger partial charge in [0.15, 0.2) is 0 Å². The quantitative estimate of drug-likeness (QED) is 0.396. The molecule has 1 N–H and O–H groups in total. The molecule has 1 saturated carbocycles. The number of carboxylic acid groups (broad SMARTS) is 1. The summed E-state index contributed by atoms with van der Waals surface area (Å²) in [4.78, 5) is 31.7. The predicted octanol–water partition coefficient (Wildman–Crippen LogP) is 5.75. The molecule has 41 heavy (non-hydrogen) atoms. The molecule has 0 bridgehead atoms. The number of aliphatic carboxylic acids is 1. The number of halogens is 1. The standard InChI is InChI=1S/C33H44FN3O4/c1-2-16-37(33(40)41-23-24-10-12-27(34)13-11-24)28-14-18-35(19-15-28)22-26-20-29(36-17-6-9-31(36)32(38)39)21-30(26)25-7-4-3-5-8-25/h3-5,7-8,10-13,26,28-31H,2,6,9,14-23H2,1H3,(H,38,39)/t26?,29?,30?,31-/m0/s1. The molecule has 3 fully saturated rings. The van der Waals surface area contributed by atoms with E-state index in [0.29, 0.717) is 24.4 Å². The molecule has 2 heterocycles. The summed E-state index contributed by atoms with van der Waals surface area (Å²) in [5.74, 6) is -0.0892. The highest BCUT2D eigenvalue weighted by atomic mass is 19.1. The minimum absolute atomic E-state index is 0.141. The fraction of sp³-hybridized carbons (Fsp3) is 0.576. The molecule has 7 nitrogen and oxygen atoms in total. The van der Waals surface area contributed by atoms with Crippen LogP contribution in [0.1, 0.15) is 68.9 Å². The number of rotatable bonds is 10. The van der Waals surface area contributed by atoms with Gasteiger partial charge in [0.1, 0.15) is 18.5 Å². The van der Waals surface area contributed by atoms with Gasteiger partial charge in [0.2, 0.25) is 0 Å². The Kier molecular flexibility index (Phi) is 9.93. The van der Waals surface area contributed by atoms with Gasteiger partial charge >= 0.3 is 12.1 Å². The summed E-state index contributed by atoms with van der Waals surface area (Å²) in [5.41, 5.74) is 2.14. The van der Waals surface area contributed by atoms with E-state index in [0.717, 1.165) is 76.7 Å². The first-order chi connectivity index (χ1) is 19.9. The van der Waals surface area contributed by atoms with E-state index in [1.54, 1.807) is 12.1 Å². The van der Waals surface area contributed by atoms with E-state index in [2.05, 4.69) is 47.1 Å². The molecule has 5 rings (SSSR count). The second-order valence-corrected chi connectivity index (χ2v) is 12.0. The zero-order chi connectivity index (χ0) is 28.8. The number of hydrogen-bond donors (Lipinski definition) is 1. The SMILES string of the molecule is CCCN(C(=O)OCc1ccc(F)cc1)C1CCN(CC2CC(N3CCC[C@H]3C(=O)O)CC2c2ccccc2)CC1. The van der Waals surface area contributed by atoms with Crippen LogP contribution in [-0.2, 0) is 16.1 Å². The van der Waals surface area contributed by atoms with Crippen molar-refractivity contribution >= 4 is 12.1 Å². The monoisotopic (exact) mass is 565 g/mol. The number of ether oxygens (including phenoxy) is 1. The number of hydrogen-bond acceptors (Lipinski definition) is 5. The lowest BCUT2D eigenvalue weighted by atomic mass is 9.88. The topological polar surface area (TPSA) is 73.3 Å². The summed E-state index contributed by atoms with van der Waals surface area (Å²) < 4.78 is 18.8. The van der Waals surface area contributed by atoms with E-state index in [9.17, 15) is 19.1 Å². The predicted molar refractivity (Wildman–Crippen MR) is 156 cm³/mol. The van der Waals surface area contributed by atoms with Gasteiger partial charge in [0.25, 0.3) is 0 Å². The molecule has 222 valence electrons. The molecular weight excluding hydrogens is 521 g/mol. The molecule has 2 saturated heterocycles.